The number of hydrogen-bond acceptors (Lipinski definition) is 1. The molecule has 2 N–H and O–H groups in total. The largest absolute Gasteiger partial charge is 0.330 e. The van der Waals surface area contributed by atoms with E-state index in [9.17, 15) is 0 Å². The van der Waals surface area contributed by atoms with Crippen LogP contribution in [0.15, 0.2) is 0 Å². The zero-order chi connectivity index (χ0) is 9.69. The first-order valence-corrected chi connectivity index (χ1v) is 5.72. The van der Waals surface area contributed by atoms with E-state index in [1.54, 1.807) is 0 Å². The summed E-state index contributed by atoms with van der Waals surface area (Å²) in [6.45, 7) is 8.33. The minimum absolute atomic E-state index is 0.576. The van der Waals surface area contributed by atoms with E-state index in [2.05, 4.69) is 20.8 Å². The first kappa shape index (κ1) is 9.51. The lowest BCUT2D eigenvalue weighted by molar-refractivity contribution is 0.0991. The predicted octanol–water partition coefficient (Wildman–Crippen LogP) is 2.80. The summed E-state index contributed by atoms with van der Waals surface area (Å²) in [4.78, 5) is 0. The molecule has 0 radical (unpaired) electrons. The van der Waals surface area contributed by atoms with Crippen molar-refractivity contribution in [1.29, 1.82) is 0 Å². The second kappa shape index (κ2) is 2.73. The van der Waals surface area contributed by atoms with Gasteiger partial charge in [0.15, 0.2) is 0 Å². The molecule has 0 amide bonds. The Morgan fingerprint density at radius 2 is 2.00 bits per heavy atom. The second-order valence-electron chi connectivity index (χ2n) is 5.88. The molecular weight excluding hydrogens is 158 g/mol. The average Bonchev–Trinajstić information content (AvgIpc) is 2.37. The number of fused-ring (bicyclic) bond motifs is 2. The third-order valence-corrected chi connectivity index (χ3v) is 5.49. The third-order valence-electron chi connectivity index (χ3n) is 5.49. The van der Waals surface area contributed by atoms with Gasteiger partial charge in [0.25, 0.3) is 0 Å². The highest BCUT2D eigenvalue weighted by atomic mass is 14.7. The van der Waals surface area contributed by atoms with Crippen molar-refractivity contribution in [3.8, 4) is 0 Å². The maximum Gasteiger partial charge on any atom is -0.00744 e. The van der Waals surface area contributed by atoms with Crippen molar-refractivity contribution in [3.63, 3.8) is 0 Å². The molecule has 1 nitrogen and oxygen atoms in total. The summed E-state index contributed by atoms with van der Waals surface area (Å²) in [6, 6.07) is 0. The van der Waals surface area contributed by atoms with E-state index >= 15 is 0 Å². The Morgan fingerprint density at radius 3 is 2.38 bits per heavy atom. The van der Waals surface area contributed by atoms with Gasteiger partial charge in [-0.15, -0.1) is 0 Å². The van der Waals surface area contributed by atoms with Crippen LogP contribution < -0.4 is 5.73 Å². The van der Waals surface area contributed by atoms with Gasteiger partial charge in [-0.2, -0.15) is 0 Å². The van der Waals surface area contributed by atoms with E-state index in [0.717, 1.165) is 18.4 Å². The maximum atomic E-state index is 5.69. The van der Waals surface area contributed by atoms with Gasteiger partial charge in [0, 0.05) is 0 Å². The van der Waals surface area contributed by atoms with Crippen LogP contribution in [0.5, 0.6) is 0 Å². The van der Waals surface area contributed by atoms with Crippen LogP contribution >= 0.6 is 0 Å². The maximum absolute atomic E-state index is 5.69. The summed E-state index contributed by atoms with van der Waals surface area (Å²) in [5, 5.41) is 0. The highest BCUT2D eigenvalue weighted by Crippen LogP contribution is 2.68. The lowest BCUT2D eigenvalue weighted by Crippen LogP contribution is -2.33. The zero-order valence-corrected chi connectivity index (χ0v) is 9.27. The van der Waals surface area contributed by atoms with Crippen molar-refractivity contribution in [2.24, 2.45) is 28.4 Å². The van der Waals surface area contributed by atoms with E-state index in [1.807, 2.05) is 0 Å². The van der Waals surface area contributed by atoms with E-state index in [4.69, 9.17) is 5.73 Å². The molecule has 3 atom stereocenters. The number of nitrogens with two attached hydrogens (primary N) is 1. The lowest BCUT2D eigenvalue weighted by atomic mass is 9.66. The van der Waals surface area contributed by atoms with Crippen LogP contribution in [0.1, 0.15) is 46.5 Å². The highest BCUT2D eigenvalue weighted by Gasteiger charge is 2.60. The number of hydrogen-bond donors (Lipinski definition) is 1. The summed E-state index contributed by atoms with van der Waals surface area (Å²) in [7, 11) is 0. The van der Waals surface area contributed by atoms with Crippen LogP contribution in [0.4, 0.5) is 0 Å². The van der Waals surface area contributed by atoms with E-state index in [1.165, 1.54) is 25.7 Å². The van der Waals surface area contributed by atoms with Gasteiger partial charge in [0.1, 0.15) is 0 Å². The Labute approximate surface area is 82.1 Å². The second-order valence-corrected chi connectivity index (χ2v) is 5.88. The third kappa shape index (κ3) is 1.03. The fourth-order valence-corrected chi connectivity index (χ4v) is 4.01. The highest BCUT2D eigenvalue weighted by molar-refractivity contribution is 5.09. The molecule has 0 aromatic heterocycles. The molecule has 0 unspecified atom stereocenters. The molecule has 0 saturated heterocycles. The first-order chi connectivity index (χ1) is 6.02. The molecule has 2 aliphatic rings. The van der Waals surface area contributed by atoms with Gasteiger partial charge in [0.05, 0.1) is 0 Å². The van der Waals surface area contributed by atoms with Crippen LogP contribution in [0.2, 0.25) is 0 Å². The summed E-state index contributed by atoms with van der Waals surface area (Å²) in [6.07, 6.45) is 5.59. The summed E-state index contributed by atoms with van der Waals surface area (Å²) >= 11 is 0. The predicted molar refractivity (Wildman–Crippen MR) is 56.4 cm³/mol. The molecule has 2 saturated carbocycles. The molecule has 2 aliphatic carbocycles. The van der Waals surface area contributed by atoms with Gasteiger partial charge < -0.3 is 5.73 Å². The zero-order valence-electron chi connectivity index (χ0n) is 9.27. The Morgan fingerprint density at radius 1 is 1.31 bits per heavy atom. The first-order valence-electron chi connectivity index (χ1n) is 5.72. The van der Waals surface area contributed by atoms with E-state index < -0.39 is 0 Å². The van der Waals surface area contributed by atoms with Gasteiger partial charge in [0.2, 0.25) is 0 Å². The van der Waals surface area contributed by atoms with Gasteiger partial charge >= 0.3 is 0 Å². The van der Waals surface area contributed by atoms with Crippen LogP contribution in [-0.4, -0.2) is 6.54 Å². The van der Waals surface area contributed by atoms with Gasteiger partial charge in [-0.1, -0.05) is 20.8 Å². The van der Waals surface area contributed by atoms with Gasteiger partial charge in [-0.05, 0) is 54.9 Å². The molecule has 2 rings (SSSR count). The molecule has 0 heterocycles. The molecule has 1 heteroatoms. The molecule has 0 aromatic carbocycles. The monoisotopic (exact) mass is 181 g/mol. The van der Waals surface area contributed by atoms with Crippen LogP contribution in [0, 0.1) is 22.7 Å². The molecule has 0 aromatic rings. The van der Waals surface area contributed by atoms with Crippen molar-refractivity contribution >= 4 is 0 Å². The summed E-state index contributed by atoms with van der Waals surface area (Å²) < 4.78 is 0. The standard InChI is InChI=1S/C12H23N/c1-11(2)9-4-6-12(11,3)10(8-9)5-7-13/h9-10H,4-8,13H2,1-3H3/t9-,10+,12+/m1/s1. The van der Waals surface area contributed by atoms with E-state index in [-0.39, 0.29) is 0 Å². The van der Waals surface area contributed by atoms with Gasteiger partial charge in [-0.3, -0.25) is 0 Å². The lowest BCUT2D eigenvalue weighted by Gasteiger charge is -2.39. The average molecular weight is 181 g/mol. The SMILES string of the molecule is CC1(C)[C@@H]2CC[C@@]1(C)[C@@H](CCN)C2. The minimum atomic E-state index is 0.576. The summed E-state index contributed by atoms with van der Waals surface area (Å²) in [5.41, 5.74) is 6.86. The van der Waals surface area contributed by atoms with Crippen LogP contribution in [0.25, 0.3) is 0 Å². The van der Waals surface area contributed by atoms with Crippen molar-refractivity contribution in [2.75, 3.05) is 6.54 Å². The Balaban J connectivity index is 2.22. The molecule has 2 bridgehead atoms. The molecule has 2 fully saturated rings. The molecule has 0 spiro atoms. The van der Waals surface area contributed by atoms with Crippen LogP contribution in [-0.2, 0) is 0 Å². The molecule has 76 valence electrons. The fourth-order valence-electron chi connectivity index (χ4n) is 4.01. The van der Waals surface area contributed by atoms with Crippen molar-refractivity contribution in [3.05, 3.63) is 0 Å². The van der Waals surface area contributed by atoms with Crippen molar-refractivity contribution in [1.82, 2.24) is 0 Å². The Hall–Kier alpha value is -0.0400. The Bertz CT molecular complexity index is 209. The molecular formula is C12H23N. The van der Waals surface area contributed by atoms with Gasteiger partial charge in [-0.25, -0.2) is 0 Å². The smallest absolute Gasteiger partial charge is 0.00744 e. The Kier molecular flexibility index (Phi) is 1.99. The van der Waals surface area contributed by atoms with Crippen LogP contribution in [0.3, 0.4) is 0 Å². The normalized spacial score (nSPS) is 47.1. The fraction of sp³-hybridized carbons (Fsp3) is 1.00. The van der Waals surface area contributed by atoms with Crippen molar-refractivity contribution in [2.45, 2.75) is 46.5 Å². The number of rotatable bonds is 2. The molecule has 0 aliphatic heterocycles. The summed E-state index contributed by atoms with van der Waals surface area (Å²) in [5.74, 6) is 1.89. The topological polar surface area (TPSA) is 26.0 Å². The van der Waals surface area contributed by atoms with E-state index in [0.29, 0.717) is 10.8 Å². The molecule has 13 heavy (non-hydrogen) atoms. The van der Waals surface area contributed by atoms with Crippen molar-refractivity contribution < 1.29 is 0 Å². The quantitative estimate of drug-likeness (QED) is 0.696. The minimum Gasteiger partial charge on any atom is -0.330 e.